The predicted octanol–water partition coefficient (Wildman–Crippen LogP) is 2.16. The molecule has 0 aromatic carbocycles. The molecule has 2 N–H and O–H groups in total. The van der Waals surface area contributed by atoms with Crippen LogP contribution in [-0.2, 0) is 7.05 Å². The second-order valence-corrected chi connectivity index (χ2v) is 5.82. The van der Waals surface area contributed by atoms with Crippen molar-refractivity contribution in [2.45, 2.75) is 18.9 Å². The van der Waals surface area contributed by atoms with Crippen molar-refractivity contribution < 1.29 is 4.79 Å². The normalized spacial score (nSPS) is 18.7. The molecule has 100 valence electrons. The van der Waals surface area contributed by atoms with Gasteiger partial charge >= 0.3 is 0 Å². The Labute approximate surface area is 115 Å². The van der Waals surface area contributed by atoms with Gasteiger partial charge in [0.1, 0.15) is 0 Å². The summed E-state index contributed by atoms with van der Waals surface area (Å²) in [7, 11) is 1.82. The second kappa shape index (κ2) is 5.14. The van der Waals surface area contributed by atoms with E-state index in [0.717, 1.165) is 23.5 Å². The largest absolute Gasteiger partial charge is 0.319 e. The molecule has 0 spiro atoms. The lowest BCUT2D eigenvalue weighted by molar-refractivity contribution is 0.103. The molecule has 5 nitrogen and oxygen atoms in total. The molecule has 1 atom stereocenters. The van der Waals surface area contributed by atoms with Crippen LogP contribution in [0.1, 0.15) is 33.4 Å². The van der Waals surface area contributed by atoms with Crippen molar-refractivity contribution in [2.24, 2.45) is 7.05 Å². The fourth-order valence-electron chi connectivity index (χ4n) is 2.27. The Bertz CT molecular complexity index is 583. The van der Waals surface area contributed by atoms with E-state index in [0.29, 0.717) is 6.04 Å². The molecule has 2 aromatic heterocycles. The number of hydrogen-bond acceptors (Lipinski definition) is 4. The van der Waals surface area contributed by atoms with Crippen LogP contribution < -0.4 is 10.6 Å². The van der Waals surface area contributed by atoms with Crippen LogP contribution in [0.25, 0.3) is 0 Å². The van der Waals surface area contributed by atoms with Gasteiger partial charge in [0.05, 0.1) is 16.8 Å². The number of rotatable bonds is 3. The molecule has 1 saturated heterocycles. The monoisotopic (exact) mass is 276 g/mol. The Morgan fingerprint density at radius 2 is 2.47 bits per heavy atom. The fraction of sp³-hybridized carbons (Fsp3) is 0.385. The number of carbonyl (C=O) groups is 1. The van der Waals surface area contributed by atoms with Crippen LogP contribution in [0.4, 0.5) is 5.69 Å². The number of carbonyl (C=O) groups excluding carboxylic acids is 1. The lowest BCUT2D eigenvalue weighted by Crippen LogP contribution is -2.11. The van der Waals surface area contributed by atoms with Gasteiger partial charge in [-0.3, -0.25) is 9.48 Å². The van der Waals surface area contributed by atoms with Crippen molar-refractivity contribution in [1.29, 1.82) is 0 Å². The number of hydrogen-bond donors (Lipinski definition) is 2. The first kappa shape index (κ1) is 12.4. The van der Waals surface area contributed by atoms with E-state index in [-0.39, 0.29) is 5.91 Å². The molecule has 0 radical (unpaired) electrons. The van der Waals surface area contributed by atoms with E-state index in [1.54, 1.807) is 28.4 Å². The maximum absolute atomic E-state index is 12.1. The van der Waals surface area contributed by atoms with E-state index in [1.165, 1.54) is 11.3 Å². The van der Waals surface area contributed by atoms with Crippen molar-refractivity contribution in [1.82, 2.24) is 15.1 Å². The summed E-state index contributed by atoms with van der Waals surface area (Å²) in [5, 5.41) is 10.3. The molecular formula is C13H16N4OS. The van der Waals surface area contributed by atoms with E-state index >= 15 is 0 Å². The fourth-order valence-corrected chi connectivity index (χ4v) is 3.28. The quantitative estimate of drug-likeness (QED) is 0.903. The Kier molecular flexibility index (Phi) is 3.35. The SMILES string of the molecule is Cn1cc(NC(=O)c2ccc(C3CCCN3)s2)cn1. The summed E-state index contributed by atoms with van der Waals surface area (Å²) in [6, 6.07) is 4.36. The number of nitrogens with zero attached hydrogens (tertiary/aromatic N) is 2. The van der Waals surface area contributed by atoms with Crippen LogP contribution in [-0.4, -0.2) is 22.2 Å². The number of aromatic nitrogens is 2. The van der Waals surface area contributed by atoms with Gasteiger partial charge < -0.3 is 10.6 Å². The van der Waals surface area contributed by atoms with E-state index in [2.05, 4.69) is 15.7 Å². The summed E-state index contributed by atoms with van der Waals surface area (Å²) >= 11 is 1.56. The van der Waals surface area contributed by atoms with Crippen LogP contribution in [0.15, 0.2) is 24.5 Å². The van der Waals surface area contributed by atoms with Crippen LogP contribution in [0.2, 0.25) is 0 Å². The first-order valence-corrected chi connectivity index (χ1v) is 7.17. The van der Waals surface area contributed by atoms with E-state index in [1.807, 2.05) is 19.2 Å². The highest BCUT2D eigenvalue weighted by atomic mass is 32.1. The molecular weight excluding hydrogens is 260 g/mol. The third-order valence-corrected chi connectivity index (χ3v) is 4.41. The zero-order valence-corrected chi connectivity index (χ0v) is 11.5. The van der Waals surface area contributed by atoms with Crippen molar-refractivity contribution in [3.8, 4) is 0 Å². The summed E-state index contributed by atoms with van der Waals surface area (Å²) in [5.41, 5.74) is 0.724. The predicted molar refractivity (Wildman–Crippen MR) is 75.5 cm³/mol. The summed E-state index contributed by atoms with van der Waals surface area (Å²) in [6.07, 6.45) is 5.79. The van der Waals surface area contributed by atoms with Crippen LogP contribution in [0.3, 0.4) is 0 Å². The minimum absolute atomic E-state index is 0.0674. The number of aryl methyl sites for hydroxylation is 1. The smallest absolute Gasteiger partial charge is 0.265 e. The molecule has 0 bridgehead atoms. The lowest BCUT2D eigenvalue weighted by Gasteiger charge is -2.05. The topological polar surface area (TPSA) is 59.0 Å². The molecule has 1 fully saturated rings. The van der Waals surface area contributed by atoms with Crippen molar-refractivity contribution in [3.63, 3.8) is 0 Å². The summed E-state index contributed by atoms with van der Waals surface area (Å²) in [6.45, 7) is 1.07. The van der Waals surface area contributed by atoms with Gasteiger partial charge in [0.2, 0.25) is 0 Å². The molecule has 1 aliphatic rings. The van der Waals surface area contributed by atoms with Gasteiger partial charge in [0.25, 0.3) is 5.91 Å². The average Bonchev–Trinajstić information content (AvgIpc) is 3.08. The van der Waals surface area contributed by atoms with Crippen LogP contribution >= 0.6 is 11.3 Å². The third-order valence-electron chi connectivity index (χ3n) is 3.22. The Morgan fingerprint density at radius 1 is 1.58 bits per heavy atom. The minimum Gasteiger partial charge on any atom is -0.319 e. The number of anilines is 1. The molecule has 2 aromatic rings. The number of nitrogens with one attached hydrogen (secondary N) is 2. The lowest BCUT2D eigenvalue weighted by atomic mass is 10.2. The molecule has 3 heterocycles. The first-order valence-electron chi connectivity index (χ1n) is 6.35. The van der Waals surface area contributed by atoms with Crippen molar-refractivity contribution >= 4 is 22.9 Å². The summed E-state index contributed by atoms with van der Waals surface area (Å²) in [5.74, 6) is -0.0674. The molecule has 1 amide bonds. The second-order valence-electron chi connectivity index (χ2n) is 4.71. The summed E-state index contributed by atoms with van der Waals surface area (Å²) in [4.78, 5) is 14.1. The summed E-state index contributed by atoms with van der Waals surface area (Å²) < 4.78 is 1.66. The van der Waals surface area contributed by atoms with Crippen molar-refractivity contribution in [3.05, 3.63) is 34.3 Å². The van der Waals surface area contributed by atoms with Gasteiger partial charge in [-0.15, -0.1) is 11.3 Å². The highest BCUT2D eigenvalue weighted by Gasteiger charge is 2.19. The molecule has 0 aliphatic carbocycles. The Balaban J connectivity index is 1.69. The van der Waals surface area contributed by atoms with Crippen LogP contribution in [0.5, 0.6) is 0 Å². The molecule has 1 unspecified atom stereocenters. The van der Waals surface area contributed by atoms with E-state index in [4.69, 9.17) is 0 Å². The average molecular weight is 276 g/mol. The van der Waals surface area contributed by atoms with E-state index in [9.17, 15) is 4.79 Å². The number of thiophene rings is 1. The Hall–Kier alpha value is -1.66. The molecule has 19 heavy (non-hydrogen) atoms. The molecule has 1 aliphatic heterocycles. The van der Waals surface area contributed by atoms with Gasteiger partial charge in [0, 0.05) is 24.2 Å². The standard InChI is InChI=1S/C13H16N4OS/c1-17-8-9(7-15-17)16-13(18)12-5-4-11(19-12)10-3-2-6-14-10/h4-5,7-8,10,14H,2-3,6H2,1H3,(H,16,18). The van der Waals surface area contributed by atoms with Crippen molar-refractivity contribution in [2.75, 3.05) is 11.9 Å². The zero-order chi connectivity index (χ0) is 13.2. The highest BCUT2D eigenvalue weighted by molar-refractivity contribution is 7.14. The van der Waals surface area contributed by atoms with Crippen LogP contribution in [0, 0.1) is 0 Å². The van der Waals surface area contributed by atoms with Gasteiger partial charge in [-0.1, -0.05) is 0 Å². The highest BCUT2D eigenvalue weighted by Crippen LogP contribution is 2.29. The van der Waals surface area contributed by atoms with Gasteiger partial charge in [-0.05, 0) is 31.5 Å². The Morgan fingerprint density at radius 3 is 3.16 bits per heavy atom. The first-order chi connectivity index (χ1) is 9.22. The van der Waals surface area contributed by atoms with Gasteiger partial charge in [0.15, 0.2) is 0 Å². The van der Waals surface area contributed by atoms with E-state index < -0.39 is 0 Å². The van der Waals surface area contributed by atoms with Gasteiger partial charge in [-0.2, -0.15) is 5.10 Å². The maximum Gasteiger partial charge on any atom is 0.265 e. The minimum atomic E-state index is -0.0674. The molecule has 3 rings (SSSR count). The number of amides is 1. The zero-order valence-electron chi connectivity index (χ0n) is 10.7. The molecule has 0 saturated carbocycles. The van der Waals surface area contributed by atoms with Gasteiger partial charge in [-0.25, -0.2) is 0 Å². The molecule has 6 heteroatoms. The maximum atomic E-state index is 12.1. The third kappa shape index (κ3) is 2.69.